The summed E-state index contributed by atoms with van der Waals surface area (Å²) in [6.07, 6.45) is 0. The Morgan fingerprint density at radius 1 is 1.15 bits per heavy atom. The van der Waals surface area contributed by atoms with E-state index in [9.17, 15) is 13.6 Å². The number of hydrogen-bond donors (Lipinski definition) is 1. The van der Waals surface area contributed by atoms with Crippen LogP contribution in [0, 0.1) is 11.6 Å². The molecule has 20 heavy (non-hydrogen) atoms. The fourth-order valence-electron chi connectivity index (χ4n) is 1.74. The van der Waals surface area contributed by atoms with Gasteiger partial charge in [0.1, 0.15) is 0 Å². The number of benzene rings is 2. The third-order valence-electron chi connectivity index (χ3n) is 2.83. The Morgan fingerprint density at radius 2 is 1.85 bits per heavy atom. The van der Waals surface area contributed by atoms with Crippen LogP contribution in [0.4, 0.5) is 20.2 Å². The zero-order chi connectivity index (χ0) is 14.9. The fourth-order valence-corrected chi connectivity index (χ4v) is 1.91. The van der Waals surface area contributed by atoms with Crippen LogP contribution in [0.2, 0.25) is 5.02 Å². The molecule has 0 aromatic heterocycles. The topological polar surface area (TPSA) is 46.3 Å². The van der Waals surface area contributed by atoms with E-state index in [1.807, 2.05) is 0 Å². The van der Waals surface area contributed by atoms with Gasteiger partial charge in [0.05, 0.1) is 11.4 Å². The fraction of sp³-hybridized carbons (Fsp3) is 0.0714. The number of nitrogen functional groups attached to an aromatic ring is 1. The quantitative estimate of drug-likeness (QED) is 0.863. The second kappa shape index (κ2) is 5.46. The molecule has 0 aliphatic carbocycles. The summed E-state index contributed by atoms with van der Waals surface area (Å²) in [5.41, 5.74) is 6.54. The summed E-state index contributed by atoms with van der Waals surface area (Å²) in [5.74, 6) is -2.60. The maximum Gasteiger partial charge on any atom is 0.258 e. The van der Waals surface area contributed by atoms with Crippen molar-refractivity contribution in [3.05, 3.63) is 58.6 Å². The van der Waals surface area contributed by atoms with Crippen LogP contribution in [0.15, 0.2) is 36.4 Å². The van der Waals surface area contributed by atoms with Crippen molar-refractivity contribution in [2.45, 2.75) is 0 Å². The van der Waals surface area contributed by atoms with Crippen LogP contribution in [0.3, 0.4) is 0 Å². The van der Waals surface area contributed by atoms with Gasteiger partial charge in [0, 0.05) is 17.6 Å². The van der Waals surface area contributed by atoms with Gasteiger partial charge in [-0.05, 0) is 36.4 Å². The van der Waals surface area contributed by atoms with Gasteiger partial charge in [-0.25, -0.2) is 8.78 Å². The largest absolute Gasteiger partial charge is 0.397 e. The lowest BCUT2D eigenvalue weighted by Crippen LogP contribution is -2.27. The van der Waals surface area contributed by atoms with Gasteiger partial charge in [0.15, 0.2) is 11.6 Å². The standard InChI is InChI=1S/C14H11ClF2N2O/c1-19(13-7-9(15)3-5-12(13)18)14(20)8-2-4-10(16)11(17)6-8/h2-7H,18H2,1H3. The van der Waals surface area contributed by atoms with Crippen LogP contribution >= 0.6 is 11.6 Å². The molecule has 0 saturated carbocycles. The van der Waals surface area contributed by atoms with Crippen LogP contribution < -0.4 is 10.6 Å². The molecular formula is C14H11ClF2N2O. The first-order valence-electron chi connectivity index (χ1n) is 5.68. The molecule has 2 N–H and O–H groups in total. The highest BCUT2D eigenvalue weighted by Crippen LogP contribution is 2.27. The highest BCUT2D eigenvalue weighted by molar-refractivity contribution is 6.31. The lowest BCUT2D eigenvalue weighted by atomic mass is 10.1. The van der Waals surface area contributed by atoms with Gasteiger partial charge in [-0.15, -0.1) is 0 Å². The molecule has 0 saturated heterocycles. The molecule has 2 aromatic rings. The van der Waals surface area contributed by atoms with E-state index < -0.39 is 17.5 Å². The van der Waals surface area contributed by atoms with E-state index in [4.69, 9.17) is 17.3 Å². The summed E-state index contributed by atoms with van der Waals surface area (Å²) in [6, 6.07) is 7.63. The van der Waals surface area contributed by atoms with Crippen LogP contribution in [0.5, 0.6) is 0 Å². The minimum Gasteiger partial charge on any atom is -0.397 e. The van der Waals surface area contributed by atoms with Crippen LogP contribution in [0.25, 0.3) is 0 Å². The maximum atomic E-state index is 13.2. The van der Waals surface area contributed by atoms with E-state index in [1.54, 1.807) is 12.1 Å². The van der Waals surface area contributed by atoms with E-state index in [-0.39, 0.29) is 5.56 Å². The molecule has 0 fully saturated rings. The van der Waals surface area contributed by atoms with E-state index in [0.29, 0.717) is 16.4 Å². The van der Waals surface area contributed by atoms with Gasteiger partial charge < -0.3 is 10.6 Å². The van der Waals surface area contributed by atoms with Crippen molar-refractivity contribution in [2.75, 3.05) is 17.7 Å². The Bertz CT molecular complexity index is 676. The van der Waals surface area contributed by atoms with Gasteiger partial charge in [0.25, 0.3) is 5.91 Å². The van der Waals surface area contributed by atoms with E-state index in [0.717, 1.165) is 12.1 Å². The molecule has 6 heteroatoms. The molecule has 2 rings (SSSR count). The summed E-state index contributed by atoms with van der Waals surface area (Å²) in [7, 11) is 1.48. The number of hydrogen-bond acceptors (Lipinski definition) is 2. The third-order valence-corrected chi connectivity index (χ3v) is 3.06. The SMILES string of the molecule is CN(C(=O)c1ccc(F)c(F)c1)c1cc(Cl)ccc1N. The van der Waals surface area contributed by atoms with Gasteiger partial charge in [0.2, 0.25) is 0 Å². The Balaban J connectivity index is 2.37. The number of anilines is 2. The van der Waals surface area contributed by atoms with Crippen molar-refractivity contribution in [3.8, 4) is 0 Å². The minimum atomic E-state index is -1.08. The number of rotatable bonds is 2. The summed E-state index contributed by atoms with van der Waals surface area (Å²) >= 11 is 5.85. The van der Waals surface area contributed by atoms with Crippen molar-refractivity contribution in [2.24, 2.45) is 0 Å². The van der Waals surface area contributed by atoms with Gasteiger partial charge >= 0.3 is 0 Å². The smallest absolute Gasteiger partial charge is 0.258 e. The number of amides is 1. The second-order valence-electron chi connectivity index (χ2n) is 4.20. The number of halogens is 3. The Morgan fingerprint density at radius 3 is 2.50 bits per heavy atom. The van der Waals surface area contributed by atoms with E-state index in [1.165, 1.54) is 24.1 Å². The molecule has 0 aliphatic heterocycles. The molecular weight excluding hydrogens is 286 g/mol. The summed E-state index contributed by atoms with van der Waals surface area (Å²) in [4.78, 5) is 13.4. The Kier molecular flexibility index (Phi) is 3.90. The van der Waals surface area contributed by atoms with E-state index in [2.05, 4.69) is 0 Å². The van der Waals surface area contributed by atoms with Crippen molar-refractivity contribution < 1.29 is 13.6 Å². The molecule has 2 aromatic carbocycles. The number of nitrogens with zero attached hydrogens (tertiary/aromatic N) is 1. The number of carbonyl (C=O) groups excluding carboxylic acids is 1. The summed E-state index contributed by atoms with van der Waals surface area (Å²) in [5, 5.41) is 0.416. The molecule has 3 nitrogen and oxygen atoms in total. The van der Waals surface area contributed by atoms with Gasteiger partial charge in [-0.3, -0.25) is 4.79 Å². The molecule has 1 amide bonds. The lowest BCUT2D eigenvalue weighted by Gasteiger charge is -2.19. The Hall–Kier alpha value is -2.14. The van der Waals surface area contributed by atoms with Crippen molar-refractivity contribution in [1.82, 2.24) is 0 Å². The Labute approximate surface area is 119 Å². The average molecular weight is 297 g/mol. The molecule has 0 spiro atoms. The number of nitrogens with two attached hydrogens (primary N) is 1. The molecule has 0 unspecified atom stereocenters. The zero-order valence-electron chi connectivity index (χ0n) is 10.5. The first kappa shape index (κ1) is 14.3. The minimum absolute atomic E-state index is 0.0192. The van der Waals surface area contributed by atoms with E-state index >= 15 is 0 Å². The summed E-state index contributed by atoms with van der Waals surface area (Å²) in [6.45, 7) is 0. The van der Waals surface area contributed by atoms with Gasteiger partial charge in [-0.1, -0.05) is 11.6 Å². The third kappa shape index (κ3) is 2.72. The van der Waals surface area contributed by atoms with Crippen molar-refractivity contribution >= 4 is 28.9 Å². The van der Waals surface area contributed by atoms with Crippen molar-refractivity contribution in [3.63, 3.8) is 0 Å². The molecule has 104 valence electrons. The highest BCUT2D eigenvalue weighted by atomic mass is 35.5. The van der Waals surface area contributed by atoms with Crippen molar-refractivity contribution in [1.29, 1.82) is 0 Å². The normalized spacial score (nSPS) is 10.4. The lowest BCUT2D eigenvalue weighted by molar-refractivity contribution is 0.0992. The summed E-state index contributed by atoms with van der Waals surface area (Å²) < 4.78 is 26.0. The monoisotopic (exact) mass is 296 g/mol. The highest BCUT2D eigenvalue weighted by Gasteiger charge is 2.17. The van der Waals surface area contributed by atoms with Crippen LogP contribution in [0.1, 0.15) is 10.4 Å². The zero-order valence-corrected chi connectivity index (χ0v) is 11.3. The first-order valence-corrected chi connectivity index (χ1v) is 6.06. The van der Waals surface area contributed by atoms with Crippen LogP contribution in [-0.2, 0) is 0 Å². The van der Waals surface area contributed by atoms with Crippen LogP contribution in [-0.4, -0.2) is 13.0 Å². The molecule has 0 bridgehead atoms. The first-order chi connectivity index (χ1) is 9.40. The average Bonchev–Trinajstić information content (AvgIpc) is 2.43. The predicted molar refractivity (Wildman–Crippen MR) is 75.0 cm³/mol. The van der Waals surface area contributed by atoms with Gasteiger partial charge in [-0.2, -0.15) is 0 Å². The maximum absolute atomic E-state index is 13.2. The molecule has 0 atom stereocenters. The predicted octanol–water partition coefficient (Wildman–Crippen LogP) is 3.48. The molecule has 0 aliphatic rings. The second-order valence-corrected chi connectivity index (χ2v) is 4.63. The molecule has 0 heterocycles. The number of carbonyl (C=O) groups is 1. The molecule has 0 radical (unpaired) electrons.